The fraction of sp³-hybridized carbons (Fsp3) is 0.534. The molecule has 150 heavy (non-hydrogen) atoms. The average Bonchev–Trinajstić information content (AvgIpc) is 1.28. The zero-order valence-electron chi connectivity index (χ0n) is 90.9. The zero-order chi connectivity index (χ0) is 109. The van der Waals surface area contributed by atoms with Gasteiger partial charge in [0.25, 0.3) is 10.0 Å². The van der Waals surface area contributed by atoms with E-state index in [0.717, 1.165) is 51.8 Å². The van der Waals surface area contributed by atoms with Gasteiger partial charge in [0.1, 0.15) is 71.8 Å². The van der Waals surface area contributed by atoms with Gasteiger partial charge in [0.2, 0.25) is 65.0 Å². The number of benzene rings is 7. The molecule has 13 N–H and O–H groups in total. The van der Waals surface area contributed by atoms with Crippen molar-refractivity contribution in [3.63, 3.8) is 0 Å². The summed E-state index contributed by atoms with van der Waals surface area (Å²) in [5, 5.41) is 35.6. The highest BCUT2D eigenvalue weighted by Crippen LogP contribution is 2.52. The zero-order valence-corrected chi connectivity index (χ0v) is 93.4. The molecule has 3 heterocycles. The molecule has 11 rings (SSSR count). The van der Waals surface area contributed by atoms with Crippen molar-refractivity contribution in [2.45, 2.75) is 325 Å². The van der Waals surface area contributed by atoms with E-state index in [-0.39, 0.29) is 85.3 Å². The number of hydrogen-bond donors (Lipinski definition) is 12. The Morgan fingerprint density at radius 2 is 0.913 bits per heavy atom. The van der Waals surface area contributed by atoms with Crippen molar-refractivity contribution in [2.24, 2.45) is 35.3 Å². The van der Waals surface area contributed by atoms with Gasteiger partial charge >= 0.3 is 5.97 Å². The minimum atomic E-state index is -4.44. The van der Waals surface area contributed by atoms with E-state index in [1.165, 1.54) is 35.5 Å². The summed E-state index contributed by atoms with van der Waals surface area (Å²) in [4.78, 5) is 173. The average molecular weight is 2120 g/mol. The van der Waals surface area contributed by atoms with Crippen molar-refractivity contribution in [3.05, 3.63) is 238 Å². The van der Waals surface area contributed by atoms with Crippen molar-refractivity contribution >= 4 is 105 Å². The number of nitrogens with zero attached hydrogens (tertiary/aromatic N) is 2. The summed E-state index contributed by atoms with van der Waals surface area (Å²) < 4.78 is 53.7. The Morgan fingerprint density at radius 3 is 1.36 bits per heavy atom. The molecule has 0 unspecified atom stereocenters. The van der Waals surface area contributed by atoms with Crippen LogP contribution in [0.5, 0.6) is 5.75 Å². The number of carbonyl (C=O) groups excluding carboxylic acids is 11. The molecule has 0 aromatic heterocycles. The molecule has 3 aliphatic heterocycles. The molecular formula is C116H160N14O17S3. The summed E-state index contributed by atoms with van der Waals surface area (Å²) in [6.07, 6.45) is 5.19. The minimum Gasteiger partial charge on any atom is -0.487 e. The van der Waals surface area contributed by atoms with Gasteiger partial charge in [0.15, 0.2) is 0 Å². The first kappa shape index (κ1) is 119. The topological polar surface area (TPSA) is 435 Å². The van der Waals surface area contributed by atoms with Crippen LogP contribution < -0.4 is 63.0 Å². The largest absolute Gasteiger partial charge is 0.487 e. The van der Waals surface area contributed by atoms with Gasteiger partial charge in [-0.15, -0.1) is 23.5 Å². The molecule has 16 atom stereocenters. The van der Waals surface area contributed by atoms with Gasteiger partial charge in [-0.2, -0.15) is 0 Å². The number of thioether (sulfide) groups is 2. The van der Waals surface area contributed by atoms with E-state index in [1.54, 1.807) is 67.2 Å². The lowest BCUT2D eigenvalue weighted by molar-refractivity contribution is -0.150. The maximum atomic E-state index is 16.2. The SMILES string of the molecule is CC[C@H](C)[C@H](N)C(=O)N[C@@H](CSC(c1ccccc1)(c1ccccc1)c1ccccc1)C(=O)N[C@@H](COC(C)(C)C)C(=O)N[C@@H](CCCNC(=N)NS(=O)(=O)c1c(C)c(C)c2c(c1C)CC(C)(C)O2)C(=O)N[C@@H](COC(C)(C)C)C(=O)N[C@@H](CC(C)C)C(=O)N1CCC[C@H]1C(=O)N1[C@H](C(=O)N[C@H](C(=O)N[C@@H](CSC(c2ccccc2)(c2ccccc2)c2ccccc2)C(=O)N[C@H](C(=O)OC)[C@@H](C)CC)[C@@H](C)CC)C[C@@H]2CCCC[C@@H]21. The Bertz CT molecular complexity index is 5710. The molecule has 7 aromatic rings. The van der Waals surface area contributed by atoms with Crippen LogP contribution in [0, 0.1) is 55.8 Å². The highest BCUT2D eigenvalue weighted by Gasteiger charge is 2.53. The van der Waals surface area contributed by atoms with Crippen molar-refractivity contribution in [1.29, 1.82) is 5.41 Å². The van der Waals surface area contributed by atoms with Gasteiger partial charge in [-0.3, -0.25) is 53.4 Å². The molecule has 0 radical (unpaired) electrons. The predicted octanol–water partition coefficient (Wildman–Crippen LogP) is 13.7. The van der Waals surface area contributed by atoms with Gasteiger partial charge in [-0.25, -0.2) is 17.9 Å². The lowest BCUT2D eigenvalue weighted by atomic mass is 9.84. The summed E-state index contributed by atoms with van der Waals surface area (Å²) in [7, 11) is -3.19. The lowest BCUT2D eigenvalue weighted by Gasteiger charge is -2.38. The van der Waals surface area contributed by atoms with Crippen LogP contribution >= 0.6 is 23.5 Å². The molecule has 1 aliphatic carbocycles. The fourth-order valence-corrected chi connectivity index (χ4v) is 25.2. The fourth-order valence-electron chi connectivity index (χ4n) is 20.5. The first-order chi connectivity index (χ1) is 71.1. The molecule has 0 spiro atoms. The standard InChI is InChI=1S/C116H160N14O17S3/c1-21-72(6)95(117)106(137)124-90(69-148-115(79-47-30-24-31-48-79,80-49-32-25-33-50-80)81-51-34-26-35-52-81)103(134)123-88(67-145-112(12,13)14)101(132)120-86(59-44-62-119-111(118)128-150(142,143)99-76(10)75(9)98-85(77(99)11)66-114(18,19)147-98)100(131)122-89(68-146-113(15,16)17)102(133)121-87(64-71(4)5)108(139)129-63-45-61-93(129)109(140)130-92-60-43-42-46-78(92)65-94(130)105(136)126-96(73(7)22-2)107(138)125-91(104(135)127-97(74(8)23-3)110(141)144-20)70-149-116(82-53-36-27-37-54-82,83-55-38-28-39-56-83)84-57-40-29-41-58-84/h24-41,47-58,71-74,78,86-97H,21-23,42-46,59-70,117H2,1-20H3,(H,120,132)(H,121,133)(H,122,131)(H,123,134)(H,124,137)(H,125,138)(H,126,136)(H,127,135)(H3,118,119,128)/t72-,73-,74-,78-,86-,87-,88-,89-,90-,91-,92-,93-,94-,95-,96-,97-/m0/s1. The molecule has 2 saturated heterocycles. The number of nitrogens with one attached hydrogen (secondary N) is 11. The Kier molecular flexibility index (Phi) is 41.9. The van der Waals surface area contributed by atoms with Gasteiger partial charge in [0.05, 0.1) is 52.0 Å². The van der Waals surface area contributed by atoms with Crippen molar-refractivity contribution < 1.29 is 80.1 Å². The van der Waals surface area contributed by atoms with Gasteiger partial charge in [-0.05, 0) is 207 Å². The number of esters is 1. The van der Waals surface area contributed by atoms with Gasteiger partial charge in [-0.1, -0.05) is 269 Å². The van der Waals surface area contributed by atoms with Crippen LogP contribution in [0.3, 0.4) is 0 Å². The number of sulfonamides is 1. The Balaban J connectivity index is 0.879. The number of hydrogen-bond acceptors (Lipinski definition) is 21. The Morgan fingerprint density at radius 1 is 0.500 bits per heavy atom. The molecule has 4 aliphatic rings. The number of rotatable bonds is 49. The molecule has 31 nitrogen and oxygen atoms in total. The first-order valence-corrected chi connectivity index (χ1v) is 56.5. The Hall–Kier alpha value is -11.7. The number of methoxy groups -OCH3 is 1. The number of amides is 10. The smallest absolute Gasteiger partial charge is 0.328 e. The first-order valence-electron chi connectivity index (χ1n) is 53.1. The third-order valence-corrected chi connectivity index (χ3v) is 34.3. The van der Waals surface area contributed by atoms with Crippen molar-refractivity contribution in [3.8, 4) is 5.75 Å². The molecule has 0 bridgehead atoms. The molecule has 3 fully saturated rings. The number of nitrogens with two attached hydrogens (primary N) is 1. The molecule has 1 saturated carbocycles. The molecule has 7 aromatic carbocycles. The van der Waals surface area contributed by atoms with Crippen LogP contribution in [0.15, 0.2) is 187 Å². The maximum absolute atomic E-state index is 16.2. The second-order valence-electron chi connectivity index (χ2n) is 43.6. The third-order valence-electron chi connectivity index (χ3n) is 29.4. The van der Waals surface area contributed by atoms with Crippen LogP contribution in [-0.2, 0) is 92.9 Å². The van der Waals surface area contributed by atoms with E-state index in [2.05, 4.69) is 52.6 Å². The second kappa shape index (κ2) is 53.0. The summed E-state index contributed by atoms with van der Waals surface area (Å²) in [6, 6.07) is 43.8. The van der Waals surface area contributed by atoms with Gasteiger partial charge in [0, 0.05) is 42.6 Å². The quantitative estimate of drug-likeness (QED) is 0.00554. The Labute approximate surface area is 895 Å². The lowest BCUT2D eigenvalue weighted by Crippen LogP contribution is -2.62. The molecule has 10 amide bonds. The van der Waals surface area contributed by atoms with Crippen LogP contribution in [0.2, 0.25) is 0 Å². The van der Waals surface area contributed by atoms with Crippen LogP contribution in [0.25, 0.3) is 0 Å². The van der Waals surface area contributed by atoms with E-state index in [4.69, 9.17) is 30.1 Å². The summed E-state index contributed by atoms with van der Waals surface area (Å²) in [5.41, 5.74) is 11.7. The van der Waals surface area contributed by atoms with Crippen LogP contribution in [0.1, 0.15) is 250 Å². The van der Waals surface area contributed by atoms with E-state index in [0.29, 0.717) is 67.4 Å². The normalized spacial score (nSPS) is 18.5. The van der Waals surface area contributed by atoms with E-state index < -0.39 is 199 Å². The van der Waals surface area contributed by atoms with Crippen molar-refractivity contribution in [2.75, 3.05) is 44.9 Å². The number of likely N-dealkylation sites (tertiary alicyclic amines) is 2. The highest BCUT2D eigenvalue weighted by atomic mass is 32.2. The van der Waals surface area contributed by atoms with E-state index in [1.807, 2.05) is 251 Å². The highest BCUT2D eigenvalue weighted by molar-refractivity contribution is 8.01. The monoisotopic (exact) mass is 2120 g/mol. The minimum absolute atomic E-state index is 0.00676. The number of carbonyl (C=O) groups is 11. The summed E-state index contributed by atoms with van der Waals surface area (Å²) >= 11 is 2.82. The van der Waals surface area contributed by atoms with Crippen LogP contribution in [-0.4, -0.2) is 223 Å². The van der Waals surface area contributed by atoms with E-state index >= 15 is 43.2 Å². The summed E-state index contributed by atoms with van der Waals surface area (Å²) in [5.74, 6) is -9.72. The maximum Gasteiger partial charge on any atom is 0.328 e. The van der Waals surface area contributed by atoms with Crippen molar-refractivity contribution in [1.82, 2.24) is 62.4 Å². The summed E-state index contributed by atoms with van der Waals surface area (Å²) in [6.45, 7) is 33.3. The number of ether oxygens (including phenoxy) is 4. The predicted molar refractivity (Wildman–Crippen MR) is 588 cm³/mol. The molecule has 34 heteroatoms. The number of fused-ring (bicyclic) bond motifs is 2. The molecule has 814 valence electrons. The number of guanidine groups is 1. The molecular weight excluding hydrogens is 1960 g/mol. The van der Waals surface area contributed by atoms with Gasteiger partial charge < -0.3 is 82.3 Å². The third kappa shape index (κ3) is 29.8. The van der Waals surface area contributed by atoms with Crippen LogP contribution in [0.4, 0.5) is 0 Å². The second-order valence-corrected chi connectivity index (χ2v) is 47.7. The van der Waals surface area contributed by atoms with E-state index in [9.17, 15) is 18.0 Å².